The smallest absolute Gasteiger partial charge is 0.234 e. The van der Waals surface area contributed by atoms with E-state index in [-0.39, 0.29) is 30.9 Å². The maximum absolute atomic E-state index is 11.7. The fraction of sp³-hybridized carbons (Fsp3) is 0.588. The molecular weight excluding hydrogens is 300 g/mol. The van der Waals surface area contributed by atoms with Gasteiger partial charge >= 0.3 is 0 Å². The average Bonchev–Trinajstić information content (AvgIpc) is 2.44. The Kier molecular flexibility index (Phi) is 9.86. The first-order chi connectivity index (χ1) is 9.93. The molecule has 0 radical (unpaired) electrons. The molecule has 4 nitrogen and oxygen atoms in total. The van der Waals surface area contributed by atoms with Crippen LogP contribution >= 0.6 is 12.4 Å². The molecule has 0 fully saturated rings. The van der Waals surface area contributed by atoms with Crippen LogP contribution in [0, 0.1) is 11.8 Å². The van der Waals surface area contributed by atoms with Crippen LogP contribution in [0.2, 0.25) is 0 Å². The van der Waals surface area contributed by atoms with Crippen LogP contribution in [0.1, 0.15) is 45.7 Å². The van der Waals surface area contributed by atoms with Gasteiger partial charge in [0.2, 0.25) is 5.91 Å². The maximum Gasteiger partial charge on any atom is 0.234 e. The average molecular weight is 329 g/mol. The number of nitrogens with two attached hydrogens (primary N) is 1. The number of carbonyl (C=O) groups is 1. The summed E-state index contributed by atoms with van der Waals surface area (Å²) >= 11 is 0. The summed E-state index contributed by atoms with van der Waals surface area (Å²) in [6.45, 7) is 9.17. The highest BCUT2D eigenvalue weighted by atomic mass is 35.5. The molecule has 1 aromatic rings. The first-order valence-corrected chi connectivity index (χ1v) is 7.65. The Labute approximate surface area is 140 Å². The highest BCUT2D eigenvalue weighted by Gasteiger charge is 2.19. The van der Waals surface area contributed by atoms with Crippen LogP contribution in [0.15, 0.2) is 24.3 Å². The van der Waals surface area contributed by atoms with E-state index in [9.17, 15) is 4.79 Å². The molecular formula is C17H29ClN2O2. The van der Waals surface area contributed by atoms with Crippen LogP contribution in [-0.2, 0) is 4.79 Å². The number of hydrogen-bond acceptors (Lipinski definition) is 3. The van der Waals surface area contributed by atoms with E-state index in [0.717, 1.165) is 17.7 Å². The van der Waals surface area contributed by atoms with Crippen LogP contribution in [0.3, 0.4) is 0 Å². The van der Waals surface area contributed by atoms with Crippen molar-refractivity contribution in [2.45, 2.75) is 40.2 Å². The van der Waals surface area contributed by atoms with Gasteiger partial charge in [-0.2, -0.15) is 0 Å². The molecule has 0 bridgehead atoms. The zero-order valence-corrected chi connectivity index (χ0v) is 14.8. The van der Waals surface area contributed by atoms with Gasteiger partial charge in [-0.25, -0.2) is 0 Å². The van der Waals surface area contributed by atoms with Crippen LogP contribution in [0.4, 0.5) is 0 Å². The fourth-order valence-corrected chi connectivity index (χ4v) is 2.14. The van der Waals surface area contributed by atoms with Gasteiger partial charge in [0.25, 0.3) is 0 Å². The molecule has 1 unspecified atom stereocenters. The van der Waals surface area contributed by atoms with E-state index in [1.54, 1.807) is 0 Å². The lowest BCUT2D eigenvalue weighted by Crippen LogP contribution is -2.34. The van der Waals surface area contributed by atoms with Gasteiger partial charge in [-0.3, -0.25) is 4.79 Å². The summed E-state index contributed by atoms with van der Waals surface area (Å²) in [5, 5.41) is 3.00. The normalized spacial score (nSPS) is 12.0. The highest BCUT2D eigenvalue weighted by molar-refractivity contribution is 5.85. The highest BCUT2D eigenvalue weighted by Crippen LogP contribution is 2.29. The van der Waals surface area contributed by atoms with Gasteiger partial charge in [-0.15, -0.1) is 12.4 Å². The number of carbonyl (C=O) groups excluding carboxylic acids is 1. The Morgan fingerprint density at radius 3 is 2.36 bits per heavy atom. The van der Waals surface area contributed by atoms with Crippen molar-refractivity contribution in [2.75, 3.05) is 13.2 Å². The van der Waals surface area contributed by atoms with Crippen LogP contribution in [-0.4, -0.2) is 19.1 Å². The van der Waals surface area contributed by atoms with Gasteiger partial charge < -0.3 is 15.8 Å². The molecule has 0 heterocycles. The Balaban J connectivity index is 0.00000441. The number of benzene rings is 1. The van der Waals surface area contributed by atoms with Crippen molar-refractivity contribution in [3.63, 3.8) is 0 Å². The molecule has 0 spiro atoms. The lowest BCUT2D eigenvalue weighted by atomic mass is 9.96. The number of hydrogen-bond donors (Lipinski definition) is 2. The molecule has 1 atom stereocenters. The van der Waals surface area contributed by atoms with Crippen molar-refractivity contribution in [1.29, 1.82) is 0 Å². The first-order valence-electron chi connectivity index (χ1n) is 7.65. The van der Waals surface area contributed by atoms with Gasteiger partial charge in [0.15, 0.2) is 0 Å². The molecule has 0 saturated heterocycles. The van der Waals surface area contributed by atoms with Crippen LogP contribution < -0.4 is 15.8 Å². The third-order valence-electron chi connectivity index (χ3n) is 3.09. The second kappa shape index (κ2) is 10.5. The van der Waals surface area contributed by atoms with Crippen molar-refractivity contribution in [3.8, 4) is 5.75 Å². The Morgan fingerprint density at radius 1 is 1.18 bits per heavy atom. The summed E-state index contributed by atoms with van der Waals surface area (Å²) in [5.74, 6) is 1.62. The minimum Gasteiger partial charge on any atom is -0.493 e. The van der Waals surface area contributed by atoms with E-state index < -0.39 is 0 Å². The monoisotopic (exact) mass is 328 g/mol. The van der Waals surface area contributed by atoms with Gasteiger partial charge in [0.05, 0.1) is 19.2 Å². The number of para-hydroxylation sites is 1. The van der Waals surface area contributed by atoms with E-state index in [4.69, 9.17) is 10.5 Å². The third kappa shape index (κ3) is 7.14. The summed E-state index contributed by atoms with van der Waals surface area (Å²) < 4.78 is 5.89. The van der Waals surface area contributed by atoms with Gasteiger partial charge in [-0.05, 0) is 24.3 Å². The summed E-state index contributed by atoms with van der Waals surface area (Å²) in [6.07, 6.45) is 0.855. The Bertz CT molecular complexity index is 450. The molecule has 1 rings (SSSR count). The van der Waals surface area contributed by atoms with E-state index in [1.165, 1.54) is 0 Å². The predicted octanol–water partition coefficient (Wildman–Crippen LogP) is 3.31. The number of nitrogens with one attached hydrogen (secondary N) is 1. The summed E-state index contributed by atoms with van der Waals surface area (Å²) in [4.78, 5) is 11.7. The molecule has 5 heteroatoms. The lowest BCUT2D eigenvalue weighted by Gasteiger charge is -2.23. The molecule has 3 N–H and O–H groups in total. The molecule has 1 amide bonds. The quantitative estimate of drug-likeness (QED) is 0.769. The molecule has 0 saturated carbocycles. The van der Waals surface area contributed by atoms with E-state index in [0.29, 0.717) is 18.4 Å². The third-order valence-corrected chi connectivity index (χ3v) is 3.09. The first kappa shape index (κ1) is 20.7. The van der Waals surface area contributed by atoms with E-state index in [1.807, 2.05) is 24.3 Å². The molecule has 1 aromatic carbocycles. The van der Waals surface area contributed by atoms with E-state index in [2.05, 4.69) is 33.0 Å². The predicted molar refractivity (Wildman–Crippen MR) is 93.4 cm³/mol. The molecule has 0 aliphatic rings. The topological polar surface area (TPSA) is 64.3 Å². The standard InChI is InChI=1S/C17H28N2O2.ClH/c1-12(2)9-15(19-17(20)10-18)14-7-5-6-8-16(14)21-11-13(3)4;/h5-8,12-13,15H,9-11,18H2,1-4H3,(H,19,20);1H. The summed E-state index contributed by atoms with van der Waals surface area (Å²) in [7, 11) is 0. The number of rotatable bonds is 8. The Morgan fingerprint density at radius 2 is 1.82 bits per heavy atom. The van der Waals surface area contributed by atoms with Gasteiger partial charge in [-0.1, -0.05) is 45.9 Å². The Hall–Kier alpha value is -1.26. The van der Waals surface area contributed by atoms with Crippen LogP contribution in [0.5, 0.6) is 5.75 Å². The van der Waals surface area contributed by atoms with Gasteiger partial charge in [0.1, 0.15) is 5.75 Å². The molecule has 0 aromatic heterocycles. The SMILES string of the molecule is CC(C)COc1ccccc1C(CC(C)C)NC(=O)CN.Cl. The number of halogens is 1. The fourth-order valence-electron chi connectivity index (χ4n) is 2.14. The molecule has 0 aliphatic heterocycles. The zero-order valence-electron chi connectivity index (χ0n) is 14.0. The second-order valence-electron chi connectivity index (χ2n) is 6.20. The molecule has 22 heavy (non-hydrogen) atoms. The van der Waals surface area contributed by atoms with Crippen molar-refractivity contribution in [1.82, 2.24) is 5.32 Å². The minimum absolute atomic E-state index is 0. The summed E-state index contributed by atoms with van der Waals surface area (Å²) in [5.41, 5.74) is 6.44. The van der Waals surface area contributed by atoms with Crippen molar-refractivity contribution in [2.24, 2.45) is 17.6 Å². The lowest BCUT2D eigenvalue weighted by molar-refractivity contribution is -0.120. The van der Waals surface area contributed by atoms with Crippen LogP contribution in [0.25, 0.3) is 0 Å². The number of ether oxygens (including phenoxy) is 1. The number of amides is 1. The largest absolute Gasteiger partial charge is 0.493 e. The maximum atomic E-state index is 11.7. The van der Waals surface area contributed by atoms with Crippen molar-refractivity contribution in [3.05, 3.63) is 29.8 Å². The van der Waals surface area contributed by atoms with E-state index >= 15 is 0 Å². The van der Waals surface area contributed by atoms with Crippen molar-refractivity contribution < 1.29 is 9.53 Å². The minimum atomic E-state index is -0.140. The zero-order chi connectivity index (χ0) is 15.8. The van der Waals surface area contributed by atoms with Crippen molar-refractivity contribution >= 4 is 18.3 Å². The molecule has 0 aliphatic carbocycles. The molecule has 126 valence electrons. The van der Waals surface area contributed by atoms with Gasteiger partial charge in [0, 0.05) is 5.56 Å². The second-order valence-corrected chi connectivity index (χ2v) is 6.20. The summed E-state index contributed by atoms with van der Waals surface area (Å²) in [6, 6.07) is 7.83.